The van der Waals surface area contributed by atoms with Crippen molar-refractivity contribution in [2.45, 2.75) is 90.3 Å². The van der Waals surface area contributed by atoms with Crippen LogP contribution >= 0.6 is 0 Å². The summed E-state index contributed by atoms with van der Waals surface area (Å²) in [4.78, 5) is 51.5. The van der Waals surface area contributed by atoms with Crippen molar-refractivity contribution in [3.05, 3.63) is 0 Å². The number of carbonyl (C=O) groups excluding carboxylic acids is 4. The van der Waals surface area contributed by atoms with Crippen molar-refractivity contribution in [1.29, 1.82) is 0 Å². The molecule has 2 aliphatic carbocycles. The predicted octanol–water partition coefficient (Wildman–Crippen LogP) is 2.14. The lowest BCUT2D eigenvalue weighted by atomic mass is 9.83. The first-order valence-corrected chi connectivity index (χ1v) is 12.3. The lowest BCUT2D eigenvalue weighted by Crippen LogP contribution is -2.58. The monoisotopic (exact) mass is 455 g/mol. The number of nitrogens with one attached hydrogen (secondary N) is 2. The van der Waals surface area contributed by atoms with Gasteiger partial charge in [-0.25, -0.2) is 0 Å². The molecule has 32 heavy (non-hydrogen) atoms. The Morgan fingerprint density at radius 3 is 2.50 bits per heavy atom. The zero-order valence-corrected chi connectivity index (χ0v) is 19.9. The van der Waals surface area contributed by atoms with Gasteiger partial charge in [0.1, 0.15) is 17.9 Å². The second kappa shape index (κ2) is 9.49. The van der Waals surface area contributed by atoms with Crippen LogP contribution in [0.25, 0.3) is 0 Å². The van der Waals surface area contributed by atoms with Gasteiger partial charge in [0.05, 0.1) is 6.04 Å². The Morgan fingerprint density at radius 1 is 1.28 bits per heavy atom. The maximum atomic E-state index is 13.3. The number of fused-ring (bicyclic) bond motifs is 1. The van der Waals surface area contributed by atoms with Gasteiger partial charge in [-0.2, -0.15) is 0 Å². The maximum Gasteiger partial charge on any atom is 0.255 e. The SMILES string of the molecule is CC.CC1(C)[C@@H]2[C@@H](C(=O)N[C@H](C=O)C[C@@H]3CCNC3=O)N(C(=O)C3(O)CCCCC3)C[C@@H]21.[HH].[HH].[HH]. The molecule has 2 saturated carbocycles. The van der Waals surface area contributed by atoms with E-state index in [4.69, 9.17) is 0 Å². The molecule has 2 heterocycles. The number of aliphatic hydroxyl groups is 1. The quantitative estimate of drug-likeness (QED) is 0.531. The molecular formula is C24H45N3O5. The Labute approximate surface area is 195 Å². The van der Waals surface area contributed by atoms with Crippen molar-refractivity contribution in [3.63, 3.8) is 0 Å². The normalized spacial score (nSPS) is 32.7. The fourth-order valence-electron chi connectivity index (χ4n) is 6.01. The predicted molar refractivity (Wildman–Crippen MR) is 126 cm³/mol. The van der Waals surface area contributed by atoms with Crippen LogP contribution in [0.5, 0.6) is 0 Å². The van der Waals surface area contributed by atoms with E-state index in [2.05, 4.69) is 24.5 Å². The molecule has 3 amide bonds. The first kappa shape index (κ1) is 24.7. The van der Waals surface area contributed by atoms with E-state index < -0.39 is 17.7 Å². The number of aldehydes is 1. The van der Waals surface area contributed by atoms with Crippen molar-refractivity contribution in [1.82, 2.24) is 15.5 Å². The Balaban J connectivity index is 0.00000225. The molecule has 0 aromatic heterocycles. The molecule has 0 bridgehead atoms. The number of carbonyl (C=O) groups is 4. The van der Waals surface area contributed by atoms with Crippen molar-refractivity contribution < 1.29 is 28.6 Å². The average Bonchev–Trinajstić information content (AvgIpc) is 3.15. The molecule has 186 valence electrons. The Bertz CT molecular complexity index is 761. The molecule has 5 atom stereocenters. The first-order chi connectivity index (χ1) is 15.2. The van der Waals surface area contributed by atoms with Crippen LogP contribution in [-0.4, -0.2) is 64.8 Å². The number of amides is 3. The fraction of sp³-hybridized carbons (Fsp3) is 0.833. The second-order valence-corrected chi connectivity index (χ2v) is 10.2. The summed E-state index contributed by atoms with van der Waals surface area (Å²) in [7, 11) is 0. The summed E-state index contributed by atoms with van der Waals surface area (Å²) in [6, 6.07) is -1.44. The highest BCUT2D eigenvalue weighted by Gasteiger charge is 2.70. The summed E-state index contributed by atoms with van der Waals surface area (Å²) >= 11 is 0. The molecule has 8 nitrogen and oxygen atoms in total. The maximum absolute atomic E-state index is 13.3. The van der Waals surface area contributed by atoms with Gasteiger partial charge in [-0.15, -0.1) is 0 Å². The van der Waals surface area contributed by atoms with Gasteiger partial charge >= 0.3 is 0 Å². The molecule has 0 unspecified atom stereocenters. The highest BCUT2D eigenvalue weighted by atomic mass is 16.3. The molecule has 0 aromatic rings. The minimum absolute atomic E-state index is 0. The molecule has 4 rings (SSSR count). The number of piperidine rings is 1. The number of likely N-dealkylation sites (tertiary alicyclic amines) is 1. The first-order valence-electron chi connectivity index (χ1n) is 12.3. The van der Waals surface area contributed by atoms with Crippen molar-refractivity contribution in [3.8, 4) is 0 Å². The van der Waals surface area contributed by atoms with E-state index in [9.17, 15) is 24.3 Å². The number of hydrogen-bond acceptors (Lipinski definition) is 5. The number of rotatable bonds is 6. The van der Waals surface area contributed by atoms with Crippen LogP contribution in [0.1, 0.15) is 76.9 Å². The van der Waals surface area contributed by atoms with E-state index in [0.717, 1.165) is 19.3 Å². The third kappa shape index (κ3) is 4.43. The molecular weight excluding hydrogens is 410 g/mol. The van der Waals surface area contributed by atoms with Gasteiger partial charge in [0.2, 0.25) is 11.8 Å². The van der Waals surface area contributed by atoms with E-state index in [0.29, 0.717) is 38.6 Å². The van der Waals surface area contributed by atoms with Gasteiger partial charge in [0, 0.05) is 23.3 Å². The summed E-state index contributed by atoms with van der Waals surface area (Å²) in [6.45, 7) is 9.25. The molecule has 4 fully saturated rings. The van der Waals surface area contributed by atoms with Crippen LogP contribution < -0.4 is 10.6 Å². The van der Waals surface area contributed by atoms with E-state index in [-0.39, 0.29) is 51.6 Å². The van der Waals surface area contributed by atoms with Crippen LogP contribution in [0, 0.1) is 23.2 Å². The minimum atomic E-state index is -1.39. The highest BCUT2D eigenvalue weighted by Crippen LogP contribution is 2.65. The number of hydrogen-bond donors (Lipinski definition) is 3. The van der Waals surface area contributed by atoms with E-state index in [1.54, 1.807) is 4.90 Å². The summed E-state index contributed by atoms with van der Waals surface area (Å²) in [5.74, 6) is -0.818. The average molecular weight is 456 g/mol. The lowest BCUT2D eigenvalue weighted by molar-refractivity contribution is -0.159. The molecule has 2 aliphatic heterocycles. The van der Waals surface area contributed by atoms with Gasteiger partial charge in [0.25, 0.3) is 5.91 Å². The Morgan fingerprint density at radius 2 is 1.94 bits per heavy atom. The minimum Gasteiger partial charge on any atom is -0.380 e. The number of nitrogens with zero attached hydrogens (tertiary/aromatic N) is 1. The summed E-state index contributed by atoms with van der Waals surface area (Å²) < 4.78 is 0. The van der Waals surface area contributed by atoms with Crippen molar-refractivity contribution in [2.24, 2.45) is 23.2 Å². The lowest BCUT2D eigenvalue weighted by Gasteiger charge is -2.38. The third-order valence-corrected chi connectivity index (χ3v) is 8.01. The zero-order chi connectivity index (χ0) is 23.7. The van der Waals surface area contributed by atoms with Crippen LogP contribution in [0.2, 0.25) is 0 Å². The van der Waals surface area contributed by atoms with E-state index >= 15 is 0 Å². The molecule has 8 heteroatoms. The Kier molecular flexibility index (Phi) is 7.32. The third-order valence-electron chi connectivity index (χ3n) is 8.01. The molecule has 4 aliphatic rings. The van der Waals surface area contributed by atoms with Gasteiger partial charge in [-0.05, 0) is 42.9 Å². The zero-order valence-electron chi connectivity index (χ0n) is 19.9. The van der Waals surface area contributed by atoms with Gasteiger partial charge < -0.3 is 25.4 Å². The summed E-state index contributed by atoms with van der Waals surface area (Å²) in [5.41, 5.74) is -1.43. The summed E-state index contributed by atoms with van der Waals surface area (Å²) in [5, 5.41) is 16.5. The van der Waals surface area contributed by atoms with Crippen LogP contribution in [0.15, 0.2) is 0 Å². The topological polar surface area (TPSA) is 116 Å². The van der Waals surface area contributed by atoms with Crippen LogP contribution in [0.4, 0.5) is 0 Å². The van der Waals surface area contributed by atoms with Crippen molar-refractivity contribution >= 4 is 24.0 Å². The van der Waals surface area contributed by atoms with Gasteiger partial charge in [-0.3, -0.25) is 14.4 Å². The van der Waals surface area contributed by atoms with E-state index in [1.165, 1.54) is 0 Å². The molecule has 0 radical (unpaired) electrons. The molecule has 2 saturated heterocycles. The molecule has 0 aromatic carbocycles. The Hall–Kier alpha value is -1.96. The summed E-state index contributed by atoms with van der Waals surface area (Å²) in [6.07, 6.45) is 5.08. The highest BCUT2D eigenvalue weighted by molar-refractivity contribution is 5.94. The van der Waals surface area contributed by atoms with Gasteiger partial charge in [0.15, 0.2) is 0 Å². The van der Waals surface area contributed by atoms with E-state index in [1.807, 2.05) is 13.8 Å². The van der Waals surface area contributed by atoms with Crippen LogP contribution in [-0.2, 0) is 19.2 Å². The second-order valence-electron chi connectivity index (χ2n) is 10.2. The molecule has 3 N–H and O–H groups in total. The largest absolute Gasteiger partial charge is 0.380 e. The van der Waals surface area contributed by atoms with Gasteiger partial charge in [-0.1, -0.05) is 47.0 Å². The fourth-order valence-corrected chi connectivity index (χ4v) is 6.01. The van der Waals surface area contributed by atoms with Crippen molar-refractivity contribution in [2.75, 3.05) is 13.1 Å². The smallest absolute Gasteiger partial charge is 0.255 e. The van der Waals surface area contributed by atoms with Crippen LogP contribution in [0.3, 0.4) is 0 Å². The standard InChI is InChI=1S/C22H33N3O5.C2H6.3H2/c1-21(2)15-11-25(20(29)22(30)7-4-3-5-8-22)17(16(15)21)19(28)24-14(12-26)10-13-6-9-23-18(13)27;1-2;;;/h12-17,30H,3-11H2,1-2H3,(H,23,27)(H,24,28);1-2H3;3*1H/t13-,14-,15-,16-,17-;;;;/m0..../s1. The molecule has 0 spiro atoms.